The van der Waals surface area contributed by atoms with E-state index in [1.165, 1.54) is 38.5 Å². The van der Waals surface area contributed by atoms with Gasteiger partial charge in [0.1, 0.15) is 0 Å². The summed E-state index contributed by atoms with van der Waals surface area (Å²) in [5.41, 5.74) is 0. The first-order valence-electron chi connectivity index (χ1n) is 6.37. The van der Waals surface area contributed by atoms with E-state index in [-0.39, 0.29) is 0 Å². The van der Waals surface area contributed by atoms with E-state index in [1.807, 2.05) is 0 Å². The number of hydrogen-bond donors (Lipinski definition) is 0. The van der Waals surface area contributed by atoms with Gasteiger partial charge in [0.15, 0.2) is 0 Å². The molecule has 0 heterocycles. The van der Waals surface area contributed by atoms with Crippen LogP contribution in [0, 0.1) is 0 Å². The summed E-state index contributed by atoms with van der Waals surface area (Å²) in [7, 11) is 0. The van der Waals surface area contributed by atoms with Crippen LogP contribution in [0.5, 0.6) is 0 Å². The summed E-state index contributed by atoms with van der Waals surface area (Å²) < 4.78 is 4.97. The third kappa shape index (κ3) is 7.84. The Balaban J connectivity index is 3.89. The summed E-state index contributed by atoms with van der Waals surface area (Å²) in [4.78, 5) is 0. The van der Waals surface area contributed by atoms with E-state index in [4.69, 9.17) is 0 Å². The van der Waals surface area contributed by atoms with Gasteiger partial charge in [0.2, 0.25) is 0 Å². The Bertz CT molecular complexity index is 104. The minimum absolute atomic E-state index is 1.41. The second-order valence-electron chi connectivity index (χ2n) is 4.46. The van der Waals surface area contributed by atoms with Crippen molar-refractivity contribution in [2.45, 2.75) is 71.8 Å². The van der Waals surface area contributed by atoms with E-state index < -0.39 is 15.8 Å². The van der Waals surface area contributed by atoms with Gasteiger partial charge in [-0.3, -0.25) is 0 Å². The quantitative estimate of drug-likeness (QED) is 0.277. The SMILES string of the molecule is CCC[CH2][Hf]([I])([CH2]CCC)[CH2]CCC. The van der Waals surface area contributed by atoms with Gasteiger partial charge in [-0.1, -0.05) is 0 Å². The fraction of sp³-hybridized carbons (Fsp3) is 1.00. The van der Waals surface area contributed by atoms with Crippen molar-refractivity contribution < 1.29 is 15.8 Å². The van der Waals surface area contributed by atoms with Gasteiger partial charge in [0, 0.05) is 0 Å². The van der Waals surface area contributed by atoms with E-state index in [0.29, 0.717) is 0 Å². The first kappa shape index (κ1) is 15.6. The molecule has 0 amide bonds. The Kier molecular flexibility index (Phi) is 10.9. The average molecular weight is 477 g/mol. The minimum atomic E-state index is -1.72. The summed E-state index contributed by atoms with van der Waals surface area (Å²) in [5, 5.41) is 0. The Morgan fingerprint density at radius 3 is 1.21 bits per heavy atom. The van der Waals surface area contributed by atoms with E-state index >= 15 is 0 Å². The molecule has 0 spiro atoms. The molecule has 0 fully saturated rings. The second kappa shape index (κ2) is 9.80. The number of rotatable bonds is 9. The maximum absolute atomic E-state index is 2.97. The van der Waals surface area contributed by atoms with Gasteiger partial charge in [-0.25, -0.2) is 0 Å². The average Bonchev–Trinajstić information content (AvgIpc) is 2.21. The van der Waals surface area contributed by atoms with Crippen molar-refractivity contribution in [3.63, 3.8) is 0 Å². The van der Waals surface area contributed by atoms with Crippen LogP contribution in [-0.2, 0) is 15.8 Å². The van der Waals surface area contributed by atoms with Gasteiger partial charge < -0.3 is 0 Å². The molecule has 0 saturated heterocycles. The Hall–Kier alpha value is 1.60. The predicted octanol–water partition coefficient (Wildman–Crippen LogP) is 6.15. The van der Waals surface area contributed by atoms with Crippen LogP contribution in [0.2, 0.25) is 12.5 Å². The fourth-order valence-corrected chi connectivity index (χ4v) is 24.6. The number of hydrogen-bond acceptors (Lipinski definition) is 0. The second-order valence-corrected chi connectivity index (χ2v) is 36.9. The maximum atomic E-state index is 2.97. The van der Waals surface area contributed by atoms with Crippen molar-refractivity contribution in [1.82, 2.24) is 0 Å². The number of halogens is 1. The molecule has 0 aromatic heterocycles. The van der Waals surface area contributed by atoms with Gasteiger partial charge in [-0.2, -0.15) is 0 Å². The zero-order valence-corrected chi connectivity index (χ0v) is 16.0. The third-order valence-electron chi connectivity index (χ3n) is 2.94. The van der Waals surface area contributed by atoms with E-state index in [2.05, 4.69) is 38.9 Å². The van der Waals surface area contributed by atoms with Crippen molar-refractivity contribution in [2.24, 2.45) is 0 Å². The summed E-state index contributed by atoms with van der Waals surface area (Å²) in [5.74, 6) is 0. The molecule has 0 aliphatic heterocycles. The molecule has 0 atom stereocenters. The van der Waals surface area contributed by atoms with Gasteiger partial charge >= 0.3 is 106 Å². The van der Waals surface area contributed by atoms with Crippen molar-refractivity contribution in [1.29, 1.82) is 0 Å². The standard InChI is InChI=1S/3C4H9.Hf.HI/c3*1-3-4-2;;/h3*1,3-4H2,2H3;;1H/q;;;+1;/p-1. The molecular weight excluding hydrogens is 450 g/mol. The monoisotopic (exact) mass is 478 g/mol. The molecule has 0 aromatic rings. The Morgan fingerprint density at radius 2 is 1.00 bits per heavy atom. The molecule has 0 unspecified atom stereocenters. The molecule has 0 aliphatic rings. The van der Waals surface area contributed by atoms with Crippen LogP contribution in [0.3, 0.4) is 0 Å². The van der Waals surface area contributed by atoms with Gasteiger partial charge in [-0.05, 0) is 0 Å². The van der Waals surface area contributed by atoms with E-state index in [9.17, 15) is 0 Å². The van der Waals surface area contributed by atoms with E-state index in [0.717, 1.165) is 0 Å². The molecule has 0 nitrogen and oxygen atoms in total. The topological polar surface area (TPSA) is 0 Å². The van der Waals surface area contributed by atoms with Crippen molar-refractivity contribution in [3.05, 3.63) is 0 Å². The van der Waals surface area contributed by atoms with Gasteiger partial charge in [-0.15, -0.1) is 0 Å². The van der Waals surface area contributed by atoms with E-state index in [1.54, 1.807) is 12.5 Å². The molecule has 0 bridgehead atoms. The molecule has 0 radical (unpaired) electrons. The molecule has 0 rings (SSSR count). The van der Waals surface area contributed by atoms with Crippen LogP contribution in [-0.4, -0.2) is 0 Å². The molecule has 86 valence electrons. The molecule has 0 aromatic carbocycles. The zero-order valence-electron chi connectivity index (χ0n) is 10.2. The Labute approximate surface area is 105 Å². The summed E-state index contributed by atoms with van der Waals surface area (Å²) >= 11 is 1.24. The molecule has 0 saturated carbocycles. The summed E-state index contributed by atoms with van der Waals surface area (Å²) in [6.07, 6.45) is 8.75. The molecule has 0 N–H and O–H groups in total. The van der Waals surface area contributed by atoms with Gasteiger partial charge in [0.05, 0.1) is 0 Å². The Morgan fingerprint density at radius 1 is 0.714 bits per heavy atom. The first-order chi connectivity index (χ1) is 6.68. The zero-order chi connectivity index (χ0) is 10.9. The van der Waals surface area contributed by atoms with Crippen LogP contribution in [0.25, 0.3) is 0 Å². The normalized spacial score (nSPS) is 12.0. The fourth-order valence-electron chi connectivity index (χ4n) is 1.86. The van der Waals surface area contributed by atoms with Crippen LogP contribution < -0.4 is 0 Å². The van der Waals surface area contributed by atoms with Crippen molar-refractivity contribution >= 4 is 18.1 Å². The molecular formula is C12H27HfI. The van der Waals surface area contributed by atoms with Crippen molar-refractivity contribution in [2.75, 3.05) is 0 Å². The third-order valence-corrected chi connectivity index (χ3v) is 29.6. The molecule has 0 aliphatic carbocycles. The van der Waals surface area contributed by atoms with Crippen molar-refractivity contribution in [3.8, 4) is 0 Å². The van der Waals surface area contributed by atoms with Crippen LogP contribution in [0.1, 0.15) is 59.3 Å². The van der Waals surface area contributed by atoms with Crippen LogP contribution in [0.4, 0.5) is 0 Å². The summed E-state index contributed by atoms with van der Waals surface area (Å²) in [6.45, 7) is 7.01. The first-order valence-corrected chi connectivity index (χ1v) is 24.2. The number of unbranched alkanes of at least 4 members (excludes halogenated alkanes) is 3. The van der Waals surface area contributed by atoms with Crippen LogP contribution in [0.15, 0.2) is 0 Å². The van der Waals surface area contributed by atoms with Crippen LogP contribution >= 0.6 is 18.1 Å². The molecule has 14 heavy (non-hydrogen) atoms. The summed E-state index contributed by atoms with van der Waals surface area (Å²) in [6, 6.07) is 0. The van der Waals surface area contributed by atoms with Gasteiger partial charge in [0.25, 0.3) is 0 Å². The molecule has 2 heteroatoms. The predicted molar refractivity (Wildman–Crippen MR) is 73.2 cm³/mol.